The van der Waals surface area contributed by atoms with Crippen molar-refractivity contribution in [2.75, 3.05) is 0 Å². The second-order valence-corrected chi connectivity index (χ2v) is 8.43. The van der Waals surface area contributed by atoms with E-state index in [4.69, 9.17) is 0 Å². The molecule has 25 heavy (non-hydrogen) atoms. The van der Waals surface area contributed by atoms with Crippen LogP contribution in [0.5, 0.6) is 0 Å². The van der Waals surface area contributed by atoms with Crippen LogP contribution < -0.4 is 15.7 Å². The maximum absolute atomic E-state index is 13.6. The first-order valence-electron chi connectivity index (χ1n) is 7.37. The minimum Gasteiger partial charge on any atom is -0.423 e. The summed E-state index contributed by atoms with van der Waals surface area (Å²) in [6.07, 6.45) is -2.96. The van der Waals surface area contributed by atoms with E-state index in [1.54, 1.807) is 20.8 Å². The topological polar surface area (TPSA) is 115 Å². The predicted molar refractivity (Wildman–Crippen MR) is 92.0 cm³/mol. The van der Waals surface area contributed by atoms with Gasteiger partial charge >= 0.3 is 7.12 Å². The molecule has 11 heteroatoms. The highest BCUT2D eigenvalue weighted by molar-refractivity contribution is 7.84. The number of aromatic nitrogens is 2. The molecule has 0 aliphatic rings. The molecule has 0 aliphatic carbocycles. The Balaban J connectivity index is 2.63. The van der Waals surface area contributed by atoms with Crippen LogP contribution in [0.15, 0.2) is 23.0 Å². The fourth-order valence-electron chi connectivity index (χ4n) is 2.12. The highest BCUT2D eigenvalue weighted by Gasteiger charge is 2.32. The molecule has 1 aromatic heterocycles. The van der Waals surface area contributed by atoms with Gasteiger partial charge < -0.3 is 10.0 Å². The lowest BCUT2D eigenvalue weighted by Gasteiger charge is -2.24. The number of rotatable bonds is 5. The number of nitrogens with zero attached hydrogens (tertiary/aromatic N) is 1. The van der Waals surface area contributed by atoms with Crippen molar-refractivity contribution < 1.29 is 23.0 Å². The van der Waals surface area contributed by atoms with E-state index in [9.17, 15) is 27.8 Å². The Labute approximate surface area is 145 Å². The maximum atomic E-state index is 13.6. The minimum atomic E-state index is -2.96. The molecule has 4 N–H and O–H groups in total. The lowest BCUT2D eigenvalue weighted by Crippen LogP contribution is -2.39. The van der Waals surface area contributed by atoms with E-state index in [0.717, 1.165) is 0 Å². The quantitative estimate of drug-likeness (QED) is 0.549. The van der Waals surface area contributed by atoms with Gasteiger partial charge in [0.1, 0.15) is 6.04 Å². The van der Waals surface area contributed by atoms with Gasteiger partial charge in [-0.2, -0.15) is 5.10 Å². The van der Waals surface area contributed by atoms with Crippen LogP contribution in [0.1, 0.15) is 32.5 Å². The van der Waals surface area contributed by atoms with Crippen LogP contribution in [-0.2, 0) is 11.0 Å². The van der Waals surface area contributed by atoms with Crippen LogP contribution in [0.4, 0.5) is 8.78 Å². The van der Waals surface area contributed by atoms with E-state index < -0.39 is 40.9 Å². The molecule has 2 atom stereocenters. The predicted octanol–water partition coefficient (Wildman–Crippen LogP) is -0.0391. The van der Waals surface area contributed by atoms with Gasteiger partial charge in [0.25, 0.3) is 12.0 Å². The zero-order valence-corrected chi connectivity index (χ0v) is 14.6. The van der Waals surface area contributed by atoms with Gasteiger partial charge in [-0.3, -0.25) is 4.79 Å². The van der Waals surface area contributed by atoms with Crippen molar-refractivity contribution >= 4 is 34.3 Å². The van der Waals surface area contributed by atoms with Gasteiger partial charge in [0.15, 0.2) is 0 Å². The van der Waals surface area contributed by atoms with E-state index in [0.29, 0.717) is 0 Å². The summed E-state index contributed by atoms with van der Waals surface area (Å²) in [6, 6.07) is 2.07. The van der Waals surface area contributed by atoms with Gasteiger partial charge in [-0.15, -0.1) is 0 Å². The first kappa shape index (κ1) is 19.6. The lowest BCUT2D eigenvalue weighted by molar-refractivity contribution is 0.108. The molecule has 1 aromatic carbocycles. The third-order valence-electron chi connectivity index (χ3n) is 3.48. The molecule has 2 rings (SSSR count). The average molecular weight is 373 g/mol. The molecule has 136 valence electrons. The van der Waals surface area contributed by atoms with Gasteiger partial charge in [0.05, 0.1) is 26.8 Å². The minimum absolute atomic E-state index is 0.0195. The Morgan fingerprint density at radius 2 is 1.92 bits per heavy atom. The molecule has 0 radical (unpaired) electrons. The summed E-state index contributed by atoms with van der Waals surface area (Å²) >= 11 is 0. The lowest BCUT2D eigenvalue weighted by atomic mass is 9.79. The van der Waals surface area contributed by atoms with Gasteiger partial charge in [-0.1, -0.05) is 12.1 Å². The maximum Gasteiger partial charge on any atom is 0.488 e. The molecule has 0 spiro atoms. The van der Waals surface area contributed by atoms with Crippen LogP contribution >= 0.6 is 0 Å². The van der Waals surface area contributed by atoms with Crippen molar-refractivity contribution in [1.82, 2.24) is 14.9 Å². The number of halogens is 2. The van der Waals surface area contributed by atoms with Crippen LogP contribution in [-0.4, -0.2) is 42.7 Å². The molecule has 0 fully saturated rings. The normalized spacial score (nSPS) is 14.7. The summed E-state index contributed by atoms with van der Waals surface area (Å²) in [5, 5.41) is 24.5. The largest absolute Gasteiger partial charge is 0.488 e. The van der Waals surface area contributed by atoms with Crippen LogP contribution in [0, 0.1) is 0 Å². The Morgan fingerprint density at radius 3 is 2.44 bits per heavy atom. The van der Waals surface area contributed by atoms with Crippen LogP contribution in [0.2, 0.25) is 0 Å². The standard InChI is InChI=1S/C14H18BF2N3O4S/c1-14(2,3)25(24)20-11(12(16)17)10-9-6-7(15(22)23)4-5-8(9)13(21)19-18-10/h4-6,11-12,20,22-23H,1-3H3,(H,19,21). The summed E-state index contributed by atoms with van der Waals surface area (Å²) < 4.78 is 41.0. The number of alkyl halides is 2. The summed E-state index contributed by atoms with van der Waals surface area (Å²) in [7, 11) is -3.65. The number of H-pyrrole nitrogens is 1. The zero-order valence-electron chi connectivity index (χ0n) is 13.8. The summed E-state index contributed by atoms with van der Waals surface area (Å²) in [4.78, 5) is 11.9. The summed E-state index contributed by atoms with van der Waals surface area (Å²) in [5.74, 6) is 0. The highest BCUT2D eigenvalue weighted by atomic mass is 32.2. The number of hydrogen-bond donors (Lipinski definition) is 4. The van der Waals surface area contributed by atoms with Crippen molar-refractivity contribution in [2.24, 2.45) is 0 Å². The summed E-state index contributed by atoms with van der Waals surface area (Å²) in [6.45, 7) is 4.87. The summed E-state index contributed by atoms with van der Waals surface area (Å²) in [5.41, 5.74) is -0.821. The molecule has 2 aromatic rings. The van der Waals surface area contributed by atoms with Crippen molar-refractivity contribution in [3.8, 4) is 0 Å². The Kier molecular flexibility index (Phi) is 5.72. The van der Waals surface area contributed by atoms with E-state index in [-0.39, 0.29) is 21.9 Å². The van der Waals surface area contributed by atoms with Crippen molar-refractivity contribution in [1.29, 1.82) is 0 Å². The third kappa shape index (κ3) is 4.29. The molecule has 0 aliphatic heterocycles. The fraction of sp³-hybridized carbons (Fsp3) is 0.429. The first-order chi connectivity index (χ1) is 11.5. The van der Waals surface area contributed by atoms with E-state index in [1.807, 2.05) is 0 Å². The van der Waals surface area contributed by atoms with E-state index in [1.165, 1.54) is 18.2 Å². The Hall–Kier alpha value is -1.69. The third-order valence-corrected chi connectivity index (χ3v) is 5.06. The number of benzene rings is 1. The van der Waals surface area contributed by atoms with Crippen LogP contribution in [0.3, 0.4) is 0 Å². The second-order valence-electron chi connectivity index (χ2n) is 6.43. The van der Waals surface area contributed by atoms with Gasteiger partial charge in [0, 0.05) is 5.39 Å². The average Bonchev–Trinajstić information content (AvgIpc) is 2.51. The molecular formula is C14H18BF2N3O4S. The molecule has 0 saturated carbocycles. The van der Waals surface area contributed by atoms with Crippen molar-refractivity contribution in [3.63, 3.8) is 0 Å². The van der Waals surface area contributed by atoms with Crippen molar-refractivity contribution in [3.05, 3.63) is 34.2 Å². The molecular weight excluding hydrogens is 355 g/mol. The van der Waals surface area contributed by atoms with Crippen molar-refractivity contribution in [2.45, 2.75) is 38.0 Å². The van der Waals surface area contributed by atoms with Gasteiger partial charge in [-0.25, -0.2) is 22.8 Å². The van der Waals surface area contributed by atoms with Gasteiger partial charge in [0.2, 0.25) is 0 Å². The first-order valence-corrected chi connectivity index (χ1v) is 8.52. The Bertz CT molecular complexity index is 854. The molecule has 0 saturated heterocycles. The SMILES string of the molecule is CC(C)(C)S(=O)NC(c1n[nH]c(=O)c2ccc(B(O)O)cc12)C(F)F. The smallest absolute Gasteiger partial charge is 0.423 e. The number of aromatic amines is 1. The number of hydrogen-bond acceptors (Lipinski definition) is 5. The molecule has 0 amide bonds. The molecule has 7 nitrogen and oxygen atoms in total. The fourth-order valence-corrected chi connectivity index (χ4v) is 2.92. The molecule has 2 unspecified atom stereocenters. The monoisotopic (exact) mass is 373 g/mol. The number of nitrogens with one attached hydrogen (secondary N) is 2. The number of fused-ring (bicyclic) bond motifs is 1. The van der Waals surface area contributed by atoms with E-state index in [2.05, 4.69) is 14.9 Å². The zero-order chi connectivity index (χ0) is 18.9. The second kappa shape index (κ2) is 7.28. The van der Waals surface area contributed by atoms with Gasteiger partial charge in [-0.05, 0) is 32.3 Å². The molecule has 1 heterocycles. The van der Waals surface area contributed by atoms with E-state index >= 15 is 0 Å². The van der Waals surface area contributed by atoms with Crippen LogP contribution in [0.25, 0.3) is 10.8 Å². The highest BCUT2D eigenvalue weighted by Crippen LogP contribution is 2.26. The Morgan fingerprint density at radius 1 is 1.28 bits per heavy atom. The molecule has 0 bridgehead atoms.